The van der Waals surface area contributed by atoms with Crippen LogP contribution >= 0.6 is 0 Å². The molecule has 0 saturated heterocycles. The molecule has 2 heterocycles. The van der Waals surface area contributed by atoms with Gasteiger partial charge in [0, 0.05) is 0 Å². The topological polar surface area (TPSA) is 80.0 Å². The fourth-order valence-corrected chi connectivity index (χ4v) is 10.5. The van der Waals surface area contributed by atoms with E-state index in [-0.39, 0.29) is 13.0 Å². The molecule has 0 amide bonds. The van der Waals surface area contributed by atoms with Crippen LogP contribution in [-0.4, -0.2) is 51.1 Å². The van der Waals surface area contributed by atoms with Crippen LogP contribution < -0.4 is 14.2 Å². The maximum absolute atomic E-state index is 11.7. The Morgan fingerprint density at radius 1 is 0.776 bits per heavy atom. The molecule has 0 radical (unpaired) electrons. The van der Waals surface area contributed by atoms with Gasteiger partial charge in [-0.25, -0.2) is 0 Å². The molecule has 0 aliphatic carbocycles. The molecule has 6 aromatic carbocycles. The van der Waals surface area contributed by atoms with Crippen molar-refractivity contribution in [3.63, 3.8) is 0 Å². The zero-order valence-corrected chi connectivity index (χ0v) is 28.7. The zero-order chi connectivity index (χ0) is 33.3. The quantitative estimate of drug-likeness (QED) is 0.0384. The number of anilines is 1. The first-order chi connectivity index (χ1) is 24.1. The van der Waals surface area contributed by atoms with Crippen LogP contribution in [0.2, 0.25) is 0 Å². The van der Waals surface area contributed by atoms with Crippen molar-refractivity contribution in [2.24, 2.45) is 0 Å². The summed E-state index contributed by atoms with van der Waals surface area (Å²) in [5.74, 6) is 0.621. The van der Waals surface area contributed by atoms with E-state index >= 15 is 0 Å². The fraction of sp³-hybridized carbons (Fsp3) is 0.0976. The Morgan fingerprint density at radius 2 is 1.37 bits per heavy atom. The second-order valence-electron chi connectivity index (χ2n) is 11.7. The van der Waals surface area contributed by atoms with Gasteiger partial charge in [-0.15, -0.1) is 0 Å². The molecule has 240 valence electrons. The number of hydrogen-bond acceptors (Lipinski definition) is 5. The number of aromatic nitrogens is 1. The van der Waals surface area contributed by atoms with Crippen LogP contribution in [-0.2, 0) is 20.9 Å². The summed E-state index contributed by atoms with van der Waals surface area (Å²) in [6.07, 6.45) is 10.1. The van der Waals surface area contributed by atoms with Gasteiger partial charge in [-0.05, 0) is 0 Å². The number of carboxylic acids is 1. The maximum atomic E-state index is 11.7. The molecule has 0 saturated carbocycles. The van der Waals surface area contributed by atoms with E-state index in [2.05, 4.69) is 88.3 Å². The van der Waals surface area contributed by atoms with Crippen molar-refractivity contribution in [2.75, 3.05) is 18.1 Å². The number of carboxylic acid groups (broad SMARTS) is 1. The summed E-state index contributed by atoms with van der Waals surface area (Å²) in [4.78, 5) is 24.8. The van der Waals surface area contributed by atoms with E-state index in [1.807, 2.05) is 48.6 Å². The Bertz CT molecular complexity index is 2530. The summed E-state index contributed by atoms with van der Waals surface area (Å²) in [5.41, 5.74) is 2.10. The van der Waals surface area contributed by atoms with Gasteiger partial charge in [-0.3, -0.25) is 4.79 Å². The molecule has 0 bridgehead atoms. The molecule has 0 fully saturated rings. The molecule has 49 heavy (non-hydrogen) atoms. The summed E-state index contributed by atoms with van der Waals surface area (Å²) in [6, 6.07) is 33.5. The molecule has 0 spiro atoms. The van der Waals surface area contributed by atoms with Crippen molar-refractivity contribution in [1.82, 2.24) is 0 Å². The van der Waals surface area contributed by atoms with Crippen LogP contribution in [0, 0.1) is 0 Å². The molecule has 1 aromatic heterocycles. The molecule has 0 atom stereocenters. The van der Waals surface area contributed by atoms with Gasteiger partial charge in [0.2, 0.25) is 0 Å². The minimum absolute atomic E-state index is 0.0533. The number of allylic oxidation sites excluding steroid dienone is 4. The monoisotopic (exact) mass is 761 g/mol. The third-order valence-electron chi connectivity index (χ3n) is 8.95. The Morgan fingerprint density at radius 3 is 2.06 bits per heavy atom. The number of fused-ring (bicyclic) bond motifs is 12. The molecule has 7 nitrogen and oxygen atoms in total. The summed E-state index contributed by atoms with van der Waals surface area (Å²) in [5, 5.41) is 18.8. The van der Waals surface area contributed by atoms with Gasteiger partial charge in [0.05, 0.1) is 0 Å². The Hall–Kier alpha value is -5.42. The first-order valence-corrected chi connectivity index (χ1v) is 18.4. The average Bonchev–Trinajstić information content (AvgIpc) is 3.69. The molecule has 7 aromatic rings. The number of ether oxygens (including phenoxy) is 2. The van der Waals surface area contributed by atoms with Crippen LogP contribution in [0.5, 0.6) is 5.75 Å². The van der Waals surface area contributed by atoms with Crippen molar-refractivity contribution in [3.8, 4) is 5.75 Å². The number of hydrogen-bond donors (Lipinski definition) is 1. The van der Waals surface area contributed by atoms with Gasteiger partial charge in [-0.1, -0.05) is 12.1 Å². The number of carbonyl (C=O) groups is 2. The third-order valence-corrected chi connectivity index (χ3v) is 12.3. The van der Waals surface area contributed by atoms with Gasteiger partial charge >= 0.3 is 276 Å². The van der Waals surface area contributed by atoms with Crippen molar-refractivity contribution in [1.29, 1.82) is 0 Å². The zero-order valence-electron chi connectivity index (χ0n) is 26.4. The predicted molar refractivity (Wildman–Crippen MR) is 196 cm³/mol. The molecule has 0 unspecified atom stereocenters. The Balaban J connectivity index is 1.18. The van der Waals surface area contributed by atoms with Crippen molar-refractivity contribution >= 4 is 96.6 Å². The minimum atomic E-state index is -0.810. The van der Waals surface area contributed by atoms with E-state index in [0.29, 0.717) is 25.4 Å². The summed E-state index contributed by atoms with van der Waals surface area (Å²) in [7, 11) is 0. The van der Waals surface area contributed by atoms with Crippen molar-refractivity contribution < 1.29 is 28.7 Å². The normalized spacial score (nSPS) is 13.9. The van der Waals surface area contributed by atoms with Crippen molar-refractivity contribution in [3.05, 3.63) is 131 Å². The third kappa shape index (κ3) is 5.53. The predicted octanol–water partition coefficient (Wildman–Crippen LogP) is 7.75. The Kier molecular flexibility index (Phi) is 8.34. The van der Waals surface area contributed by atoms with E-state index in [4.69, 9.17) is 9.47 Å². The number of nitrogens with zero attached hydrogens (tertiary/aromatic N) is 2. The van der Waals surface area contributed by atoms with Crippen LogP contribution in [0.3, 0.4) is 0 Å². The first kappa shape index (κ1) is 30.9. The number of rotatable bonds is 10. The first-order valence-electron chi connectivity index (χ1n) is 16.1. The van der Waals surface area contributed by atoms with E-state index < -0.39 is 26.4 Å². The van der Waals surface area contributed by atoms with Gasteiger partial charge in [0.15, 0.2) is 0 Å². The molecule has 1 aliphatic rings. The van der Waals surface area contributed by atoms with Crippen LogP contribution in [0.25, 0.3) is 58.1 Å². The van der Waals surface area contributed by atoms with Gasteiger partial charge in [0.25, 0.3) is 0 Å². The SMILES string of the molecule is O=COCCN1\C(=C/C=C/C=C/c2[te]c3c4ccccc4c4ccccc4c3[n+]2CCC(=O)O)Oc2c1c1ccccc1c1ccccc21. The van der Waals surface area contributed by atoms with E-state index in [0.717, 1.165) is 43.9 Å². The number of aryl methyl sites for hydroxylation is 1. The summed E-state index contributed by atoms with van der Waals surface area (Å²) in [6.45, 7) is 1.53. The van der Waals surface area contributed by atoms with E-state index in [9.17, 15) is 14.7 Å². The second kappa shape index (κ2) is 13.2. The van der Waals surface area contributed by atoms with Crippen LogP contribution in [0.4, 0.5) is 5.69 Å². The average molecular weight is 759 g/mol. The Labute approximate surface area is 291 Å². The molecule has 8 heteroatoms. The number of carbonyl (C=O) groups excluding carboxylic acids is 1. The van der Waals surface area contributed by atoms with Crippen LogP contribution in [0.1, 0.15) is 10.1 Å². The standard InChI is InChI=1S/C41H30N2O5Te/c44-26-47-25-24-42-35(48-40-33-18-10-6-14-29(33)27-12-4-8-16-31(27)38(40)42)20-2-1-3-21-36-43(23-22-37(45)46)39-32-17-9-5-13-28(32)30-15-7-11-19-34(30)41(39)49-36/h1-21,26H,22-25H2/p+1. The fourth-order valence-electron chi connectivity index (χ4n) is 6.89. The molecular weight excluding hydrogens is 728 g/mol. The van der Waals surface area contributed by atoms with Crippen molar-refractivity contribution in [2.45, 2.75) is 13.0 Å². The van der Waals surface area contributed by atoms with Gasteiger partial charge < -0.3 is 0 Å². The number of benzene rings is 6. The summed E-state index contributed by atoms with van der Waals surface area (Å²) < 4.78 is 16.4. The van der Waals surface area contributed by atoms with E-state index in [1.165, 1.54) is 23.3 Å². The molecule has 8 rings (SSSR count). The summed E-state index contributed by atoms with van der Waals surface area (Å²) >= 11 is -0.801. The number of aliphatic carboxylic acids is 1. The van der Waals surface area contributed by atoms with Crippen LogP contribution in [0.15, 0.2) is 127 Å². The molecule has 1 N–H and O–H groups in total. The van der Waals surface area contributed by atoms with E-state index in [1.54, 1.807) is 0 Å². The molecule has 1 aliphatic heterocycles. The molecular formula is C41H31N2O5Te+. The van der Waals surface area contributed by atoms with Gasteiger partial charge in [-0.2, -0.15) is 0 Å². The second-order valence-corrected chi connectivity index (χ2v) is 14.7. The van der Waals surface area contributed by atoms with Gasteiger partial charge in [0.1, 0.15) is 0 Å².